The first-order chi connectivity index (χ1) is 9.97. The van der Waals surface area contributed by atoms with Gasteiger partial charge in [0.15, 0.2) is 0 Å². The number of carbonyl (C=O) groups excluding carboxylic acids is 1. The molecule has 3 atom stereocenters. The molecule has 2 N–H and O–H groups in total. The summed E-state index contributed by atoms with van der Waals surface area (Å²) in [5.74, 6) is -0.924. The Morgan fingerprint density at radius 1 is 1.29 bits per heavy atom. The highest BCUT2D eigenvalue weighted by Crippen LogP contribution is 2.34. The van der Waals surface area contributed by atoms with Gasteiger partial charge in [0.25, 0.3) is 5.91 Å². The Labute approximate surface area is 124 Å². The molecule has 0 aliphatic heterocycles. The first kappa shape index (κ1) is 15.7. The Morgan fingerprint density at radius 3 is 2.38 bits per heavy atom. The standard InChI is InChI=1S/C16H22F2N2O/c1-4-10-5-6-14(9(10)2)20-16(21)11-7-12(17)15(19-3)13(18)8-11/h7-10,14,19H,4-6H2,1-3H3,(H,20,21). The summed E-state index contributed by atoms with van der Waals surface area (Å²) < 4.78 is 27.4. The normalized spacial score (nSPS) is 24.9. The van der Waals surface area contributed by atoms with E-state index in [0.29, 0.717) is 11.8 Å². The van der Waals surface area contributed by atoms with Crippen LogP contribution in [0.4, 0.5) is 14.5 Å². The van der Waals surface area contributed by atoms with Crippen LogP contribution in [-0.2, 0) is 0 Å². The number of nitrogens with one attached hydrogen (secondary N) is 2. The van der Waals surface area contributed by atoms with Crippen molar-refractivity contribution in [3.8, 4) is 0 Å². The maximum atomic E-state index is 13.7. The lowest BCUT2D eigenvalue weighted by molar-refractivity contribution is 0.0925. The summed E-state index contributed by atoms with van der Waals surface area (Å²) in [5, 5.41) is 5.35. The third kappa shape index (κ3) is 3.17. The molecule has 0 saturated heterocycles. The smallest absolute Gasteiger partial charge is 0.251 e. The van der Waals surface area contributed by atoms with Gasteiger partial charge in [-0.1, -0.05) is 20.3 Å². The maximum Gasteiger partial charge on any atom is 0.251 e. The molecule has 2 rings (SSSR count). The number of hydrogen-bond donors (Lipinski definition) is 2. The van der Waals surface area contributed by atoms with Crippen molar-refractivity contribution in [2.24, 2.45) is 11.8 Å². The fraction of sp³-hybridized carbons (Fsp3) is 0.562. The van der Waals surface area contributed by atoms with Crippen LogP contribution in [0.5, 0.6) is 0 Å². The van der Waals surface area contributed by atoms with Crippen LogP contribution in [0.15, 0.2) is 12.1 Å². The highest BCUT2D eigenvalue weighted by Gasteiger charge is 2.32. The Morgan fingerprint density at radius 2 is 1.90 bits per heavy atom. The number of hydrogen-bond acceptors (Lipinski definition) is 2. The van der Waals surface area contributed by atoms with Crippen molar-refractivity contribution < 1.29 is 13.6 Å². The summed E-state index contributed by atoms with van der Waals surface area (Å²) in [6.45, 7) is 4.27. The summed E-state index contributed by atoms with van der Waals surface area (Å²) in [6.07, 6.45) is 3.10. The first-order valence-corrected chi connectivity index (χ1v) is 7.45. The van der Waals surface area contributed by atoms with Gasteiger partial charge in [0, 0.05) is 18.7 Å². The van der Waals surface area contributed by atoms with E-state index in [9.17, 15) is 13.6 Å². The lowest BCUT2D eigenvalue weighted by Gasteiger charge is -2.21. The molecule has 3 unspecified atom stereocenters. The summed E-state index contributed by atoms with van der Waals surface area (Å²) >= 11 is 0. The summed E-state index contributed by atoms with van der Waals surface area (Å²) in [4.78, 5) is 12.2. The zero-order chi connectivity index (χ0) is 15.6. The highest BCUT2D eigenvalue weighted by molar-refractivity contribution is 5.94. The Balaban J connectivity index is 2.11. The fourth-order valence-corrected chi connectivity index (χ4v) is 3.22. The van der Waals surface area contributed by atoms with Crippen molar-refractivity contribution in [3.05, 3.63) is 29.3 Å². The van der Waals surface area contributed by atoms with E-state index in [-0.39, 0.29) is 17.3 Å². The van der Waals surface area contributed by atoms with Crippen LogP contribution in [-0.4, -0.2) is 19.0 Å². The number of amides is 1. The quantitative estimate of drug-likeness (QED) is 0.892. The van der Waals surface area contributed by atoms with Gasteiger partial charge < -0.3 is 10.6 Å². The van der Waals surface area contributed by atoms with Gasteiger partial charge >= 0.3 is 0 Å². The molecule has 1 aromatic carbocycles. The number of rotatable bonds is 4. The monoisotopic (exact) mass is 296 g/mol. The van der Waals surface area contributed by atoms with E-state index in [4.69, 9.17) is 0 Å². The molecule has 0 bridgehead atoms. The molecule has 1 aromatic rings. The molecule has 0 radical (unpaired) electrons. The second kappa shape index (κ2) is 6.41. The van der Waals surface area contributed by atoms with E-state index in [1.54, 1.807) is 0 Å². The molecule has 1 aliphatic rings. The molecule has 0 aromatic heterocycles. The van der Waals surface area contributed by atoms with E-state index < -0.39 is 17.5 Å². The fourth-order valence-electron chi connectivity index (χ4n) is 3.22. The Kier molecular flexibility index (Phi) is 4.80. The zero-order valence-corrected chi connectivity index (χ0v) is 12.7. The average molecular weight is 296 g/mol. The molecule has 0 heterocycles. The number of benzene rings is 1. The van der Waals surface area contributed by atoms with Gasteiger partial charge in [0.05, 0.1) is 0 Å². The summed E-state index contributed by atoms with van der Waals surface area (Å²) in [5.41, 5.74) is -0.192. The maximum absolute atomic E-state index is 13.7. The summed E-state index contributed by atoms with van der Waals surface area (Å²) in [7, 11) is 1.44. The van der Waals surface area contributed by atoms with Crippen LogP contribution in [0, 0.1) is 23.5 Å². The molecular weight excluding hydrogens is 274 g/mol. The Hall–Kier alpha value is -1.65. The van der Waals surface area contributed by atoms with Crippen LogP contribution in [0.25, 0.3) is 0 Å². The van der Waals surface area contributed by atoms with E-state index in [1.165, 1.54) is 7.05 Å². The van der Waals surface area contributed by atoms with Crippen molar-refractivity contribution >= 4 is 11.6 Å². The topological polar surface area (TPSA) is 41.1 Å². The number of anilines is 1. The molecular formula is C16H22F2N2O. The lowest BCUT2D eigenvalue weighted by Crippen LogP contribution is -2.37. The van der Waals surface area contributed by atoms with Crippen molar-refractivity contribution in [3.63, 3.8) is 0 Å². The van der Waals surface area contributed by atoms with E-state index in [0.717, 1.165) is 31.4 Å². The third-order valence-corrected chi connectivity index (χ3v) is 4.62. The SMILES string of the molecule is CCC1CCC(NC(=O)c2cc(F)c(NC)c(F)c2)C1C. The molecule has 1 aliphatic carbocycles. The van der Waals surface area contributed by atoms with Crippen molar-refractivity contribution in [2.45, 2.75) is 39.2 Å². The average Bonchev–Trinajstić information content (AvgIpc) is 2.79. The highest BCUT2D eigenvalue weighted by atomic mass is 19.1. The minimum Gasteiger partial charge on any atom is -0.383 e. The summed E-state index contributed by atoms with van der Waals surface area (Å²) in [6, 6.07) is 2.22. The molecule has 0 spiro atoms. The number of carbonyl (C=O) groups is 1. The molecule has 116 valence electrons. The first-order valence-electron chi connectivity index (χ1n) is 7.45. The molecule has 5 heteroatoms. The predicted octanol–water partition coefficient (Wildman–Crippen LogP) is 3.56. The van der Waals surface area contributed by atoms with Gasteiger partial charge in [-0.2, -0.15) is 0 Å². The zero-order valence-electron chi connectivity index (χ0n) is 12.7. The van der Waals surface area contributed by atoms with Gasteiger partial charge in [-0.25, -0.2) is 8.78 Å². The van der Waals surface area contributed by atoms with Crippen molar-refractivity contribution in [2.75, 3.05) is 12.4 Å². The predicted molar refractivity (Wildman–Crippen MR) is 79.3 cm³/mol. The van der Waals surface area contributed by atoms with Gasteiger partial charge in [-0.15, -0.1) is 0 Å². The van der Waals surface area contributed by atoms with Gasteiger partial charge in [0.1, 0.15) is 17.3 Å². The molecule has 1 fully saturated rings. The van der Waals surface area contributed by atoms with Crippen LogP contribution in [0.2, 0.25) is 0 Å². The van der Waals surface area contributed by atoms with Crippen molar-refractivity contribution in [1.82, 2.24) is 5.32 Å². The second-order valence-electron chi connectivity index (χ2n) is 5.75. The van der Waals surface area contributed by atoms with Gasteiger partial charge in [-0.05, 0) is 36.8 Å². The molecule has 21 heavy (non-hydrogen) atoms. The van der Waals surface area contributed by atoms with Crippen LogP contribution < -0.4 is 10.6 Å². The third-order valence-electron chi connectivity index (χ3n) is 4.62. The van der Waals surface area contributed by atoms with Crippen LogP contribution in [0.1, 0.15) is 43.5 Å². The van der Waals surface area contributed by atoms with E-state index in [1.807, 2.05) is 0 Å². The number of halogens is 2. The molecule has 1 saturated carbocycles. The van der Waals surface area contributed by atoms with Gasteiger partial charge in [-0.3, -0.25) is 4.79 Å². The minimum absolute atomic E-state index is 0.0242. The minimum atomic E-state index is -0.756. The Bertz CT molecular complexity index is 510. The lowest BCUT2D eigenvalue weighted by atomic mass is 9.93. The van der Waals surface area contributed by atoms with Gasteiger partial charge in [0.2, 0.25) is 0 Å². The van der Waals surface area contributed by atoms with Crippen LogP contribution in [0.3, 0.4) is 0 Å². The second-order valence-corrected chi connectivity index (χ2v) is 5.75. The van der Waals surface area contributed by atoms with Crippen LogP contribution >= 0.6 is 0 Å². The van der Waals surface area contributed by atoms with E-state index >= 15 is 0 Å². The van der Waals surface area contributed by atoms with E-state index in [2.05, 4.69) is 24.5 Å². The molecule has 1 amide bonds. The largest absolute Gasteiger partial charge is 0.383 e. The van der Waals surface area contributed by atoms with Crippen molar-refractivity contribution in [1.29, 1.82) is 0 Å². The molecule has 3 nitrogen and oxygen atoms in total.